The Hall–Kier alpha value is -0.490. The Kier molecular flexibility index (Phi) is 5.96. The summed E-state index contributed by atoms with van der Waals surface area (Å²) >= 11 is 15.3. The SMILES string of the molecule is O=C(COc1cc(Cl)c(Br)cc1Cl)N1CCCNCC1. The molecule has 0 saturated carbocycles. The Bertz CT molecular complexity index is 492. The van der Waals surface area contributed by atoms with E-state index in [1.54, 1.807) is 17.0 Å². The summed E-state index contributed by atoms with van der Waals surface area (Å²) in [5, 5.41) is 4.17. The molecule has 0 atom stereocenters. The monoisotopic (exact) mass is 380 g/mol. The number of halogens is 3. The average Bonchev–Trinajstić information content (AvgIpc) is 2.70. The van der Waals surface area contributed by atoms with Crippen molar-refractivity contribution in [2.75, 3.05) is 32.8 Å². The highest BCUT2D eigenvalue weighted by atomic mass is 79.9. The van der Waals surface area contributed by atoms with Gasteiger partial charge in [0.1, 0.15) is 5.75 Å². The zero-order valence-corrected chi connectivity index (χ0v) is 13.9. The predicted octanol–water partition coefficient (Wildman–Crippen LogP) is 2.96. The maximum atomic E-state index is 12.1. The Balaban J connectivity index is 1.94. The van der Waals surface area contributed by atoms with Crippen LogP contribution in [-0.2, 0) is 4.79 Å². The fraction of sp³-hybridized carbons (Fsp3) is 0.462. The van der Waals surface area contributed by atoms with Gasteiger partial charge in [-0.2, -0.15) is 0 Å². The molecule has 1 N–H and O–H groups in total. The average molecular weight is 382 g/mol. The summed E-state index contributed by atoms with van der Waals surface area (Å²) < 4.78 is 6.18. The molecule has 4 nitrogen and oxygen atoms in total. The summed E-state index contributed by atoms with van der Waals surface area (Å²) in [5.41, 5.74) is 0. The van der Waals surface area contributed by atoms with E-state index in [1.807, 2.05) is 0 Å². The fourth-order valence-electron chi connectivity index (χ4n) is 1.94. The van der Waals surface area contributed by atoms with Crippen molar-refractivity contribution < 1.29 is 9.53 Å². The molecule has 2 rings (SSSR count). The lowest BCUT2D eigenvalue weighted by molar-refractivity contribution is -0.133. The summed E-state index contributed by atoms with van der Waals surface area (Å²) in [7, 11) is 0. The number of carbonyl (C=O) groups excluding carboxylic acids is 1. The van der Waals surface area contributed by atoms with E-state index in [9.17, 15) is 4.79 Å². The summed E-state index contributed by atoms with van der Waals surface area (Å²) in [5.74, 6) is 0.380. The highest BCUT2D eigenvalue weighted by Crippen LogP contribution is 2.34. The van der Waals surface area contributed by atoms with Crippen molar-refractivity contribution in [1.82, 2.24) is 10.2 Å². The van der Waals surface area contributed by atoms with Gasteiger partial charge in [0, 0.05) is 30.2 Å². The van der Waals surface area contributed by atoms with Crippen molar-refractivity contribution >= 4 is 45.0 Å². The van der Waals surface area contributed by atoms with E-state index in [1.165, 1.54) is 0 Å². The van der Waals surface area contributed by atoms with Gasteiger partial charge in [-0.15, -0.1) is 0 Å². The van der Waals surface area contributed by atoms with Crippen LogP contribution in [0.5, 0.6) is 5.75 Å². The molecular weight excluding hydrogens is 367 g/mol. The van der Waals surface area contributed by atoms with E-state index in [0.29, 0.717) is 26.8 Å². The Morgan fingerprint density at radius 3 is 2.90 bits per heavy atom. The second-order valence-electron chi connectivity index (χ2n) is 4.47. The normalized spacial score (nSPS) is 15.8. The molecule has 0 radical (unpaired) electrons. The van der Waals surface area contributed by atoms with Crippen LogP contribution in [0.2, 0.25) is 10.0 Å². The van der Waals surface area contributed by atoms with E-state index in [2.05, 4.69) is 21.2 Å². The van der Waals surface area contributed by atoms with Gasteiger partial charge >= 0.3 is 0 Å². The van der Waals surface area contributed by atoms with E-state index < -0.39 is 0 Å². The molecule has 0 spiro atoms. The largest absolute Gasteiger partial charge is 0.482 e. The first-order chi connectivity index (χ1) is 9.58. The van der Waals surface area contributed by atoms with Crippen LogP contribution in [0.4, 0.5) is 0 Å². The quantitative estimate of drug-likeness (QED) is 0.818. The topological polar surface area (TPSA) is 41.6 Å². The number of nitrogens with one attached hydrogen (secondary N) is 1. The number of rotatable bonds is 3. The molecule has 1 amide bonds. The Morgan fingerprint density at radius 2 is 2.10 bits per heavy atom. The molecule has 0 aliphatic carbocycles. The smallest absolute Gasteiger partial charge is 0.260 e. The second kappa shape index (κ2) is 7.50. The van der Waals surface area contributed by atoms with Crippen LogP contribution in [0, 0.1) is 0 Å². The van der Waals surface area contributed by atoms with Crippen LogP contribution in [0.25, 0.3) is 0 Å². The van der Waals surface area contributed by atoms with Gasteiger partial charge in [0.2, 0.25) is 0 Å². The van der Waals surface area contributed by atoms with Gasteiger partial charge in [0.25, 0.3) is 5.91 Å². The predicted molar refractivity (Wildman–Crippen MR) is 83.7 cm³/mol. The zero-order valence-electron chi connectivity index (χ0n) is 10.8. The Morgan fingerprint density at radius 1 is 1.30 bits per heavy atom. The minimum atomic E-state index is -0.0381. The molecule has 1 aromatic rings. The number of nitrogens with zero attached hydrogens (tertiary/aromatic N) is 1. The summed E-state index contributed by atoms with van der Waals surface area (Å²) in [6.07, 6.45) is 0.955. The molecule has 0 unspecified atom stereocenters. The number of amides is 1. The van der Waals surface area contributed by atoms with E-state index >= 15 is 0 Å². The van der Waals surface area contributed by atoms with Crippen LogP contribution >= 0.6 is 39.1 Å². The van der Waals surface area contributed by atoms with Gasteiger partial charge in [-0.1, -0.05) is 23.2 Å². The lowest BCUT2D eigenvalue weighted by Gasteiger charge is -2.20. The first-order valence-corrected chi connectivity index (χ1v) is 7.88. The van der Waals surface area contributed by atoms with Gasteiger partial charge in [-0.25, -0.2) is 0 Å². The highest BCUT2D eigenvalue weighted by Gasteiger charge is 2.16. The fourth-order valence-corrected chi connectivity index (χ4v) is 2.79. The van der Waals surface area contributed by atoms with E-state index in [4.69, 9.17) is 27.9 Å². The van der Waals surface area contributed by atoms with Crippen LogP contribution < -0.4 is 10.1 Å². The third-order valence-electron chi connectivity index (χ3n) is 3.02. The first-order valence-electron chi connectivity index (χ1n) is 6.34. The summed E-state index contributed by atoms with van der Waals surface area (Å²) in [6, 6.07) is 3.25. The third-order valence-corrected chi connectivity index (χ3v) is 4.51. The van der Waals surface area contributed by atoms with Crippen molar-refractivity contribution in [2.45, 2.75) is 6.42 Å². The number of hydrogen-bond acceptors (Lipinski definition) is 3. The van der Waals surface area contributed by atoms with Gasteiger partial charge in [0.15, 0.2) is 6.61 Å². The molecule has 0 aromatic heterocycles. The molecule has 1 heterocycles. The minimum Gasteiger partial charge on any atom is -0.482 e. The summed E-state index contributed by atoms with van der Waals surface area (Å²) in [6.45, 7) is 3.19. The van der Waals surface area contributed by atoms with E-state index in [0.717, 1.165) is 26.1 Å². The molecule has 110 valence electrons. The third kappa shape index (κ3) is 4.25. The molecule has 7 heteroatoms. The molecule has 1 aliphatic heterocycles. The van der Waals surface area contributed by atoms with Crippen molar-refractivity contribution in [3.05, 3.63) is 26.7 Å². The van der Waals surface area contributed by atoms with Crippen LogP contribution in [-0.4, -0.2) is 43.6 Å². The van der Waals surface area contributed by atoms with Crippen molar-refractivity contribution in [2.24, 2.45) is 0 Å². The molecule has 1 aromatic carbocycles. The number of hydrogen-bond donors (Lipinski definition) is 1. The maximum Gasteiger partial charge on any atom is 0.260 e. The van der Waals surface area contributed by atoms with Crippen molar-refractivity contribution in [3.8, 4) is 5.75 Å². The first kappa shape index (κ1) is 15.9. The standard InChI is InChI=1S/C13H15BrCl2N2O2/c14-9-6-11(16)12(7-10(9)15)20-8-13(19)18-4-1-2-17-3-5-18/h6-7,17H,1-5,8H2. The molecule has 1 saturated heterocycles. The molecule has 1 fully saturated rings. The van der Waals surface area contributed by atoms with Gasteiger partial charge in [-0.3, -0.25) is 4.79 Å². The number of carbonyl (C=O) groups is 1. The molecule has 0 bridgehead atoms. The molecular formula is C13H15BrCl2N2O2. The van der Waals surface area contributed by atoms with Gasteiger partial charge in [-0.05, 0) is 35.0 Å². The molecule has 20 heavy (non-hydrogen) atoms. The van der Waals surface area contributed by atoms with Crippen molar-refractivity contribution in [1.29, 1.82) is 0 Å². The lowest BCUT2D eigenvalue weighted by Crippen LogP contribution is -2.37. The highest BCUT2D eigenvalue weighted by molar-refractivity contribution is 9.10. The second-order valence-corrected chi connectivity index (χ2v) is 6.14. The summed E-state index contributed by atoms with van der Waals surface area (Å²) in [4.78, 5) is 13.9. The molecule has 1 aliphatic rings. The number of benzene rings is 1. The van der Waals surface area contributed by atoms with Gasteiger partial charge < -0.3 is 15.0 Å². The Labute approximate surface area is 136 Å². The van der Waals surface area contributed by atoms with E-state index in [-0.39, 0.29) is 12.5 Å². The van der Waals surface area contributed by atoms with Crippen LogP contribution in [0.3, 0.4) is 0 Å². The maximum absolute atomic E-state index is 12.1. The minimum absolute atomic E-state index is 0.0301. The van der Waals surface area contributed by atoms with Crippen LogP contribution in [0.1, 0.15) is 6.42 Å². The number of ether oxygens (including phenoxy) is 1. The van der Waals surface area contributed by atoms with Gasteiger partial charge in [0.05, 0.1) is 10.0 Å². The van der Waals surface area contributed by atoms with Crippen LogP contribution in [0.15, 0.2) is 16.6 Å². The zero-order chi connectivity index (χ0) is 14.5. The lowest BCUT2D eigenvalue weighted by atomic mass is 10.3. The van der Waals surface area contributed by atoms with Crippen molar-refractivity contribution in [3.63, 3.8) is 0 Å².